The monoisotopic (exact) mass is 318 g/mol. The van der Waals surface area contributed by atoms with Gasteiger partial charge in [0.25, 0.3) is 0 Å². The van der Waals surface area contributed by atoms with Gasteiger partial charge in [0.15, 0.2) is 5.96 Å². The molecule has 1 aliphatic heterocycles. The number of aromatic nitrogens is 2. The van der Waals surface area contributed by atoms with Crippen LogP contribution >= 0.6 is 0 Å². The molecular formula is C17H30N6. The van der Waals surface area contributed by atoms with Crippen molar-refractivity contribution >= 4 is 11.6 Å². The van der Waals surface area contributed by atoms with Gasteiger partial charge >= 0.3 is 0 Å². The minimum atomic E-state index is 0.439. The van der Waals surface area contributed by atoms with Crippen LogP contribution in [0.4, 0.5) is 5.69 Å². The van der Waals surface area contributed by atoms with E-state index in [4.69, 9.17) is 4.99 Å². The van der Waals surface area contributed by atoms with E-state index in [2.05, 4.69) is 40.7 Å². The van der Waals surface area contributed by atoms with Gasteiger partial charge in [0.1, 0.15) is 0 Å². The van der Waals surface area contributed by atoms with Gasteiger partial charge in [-0.2, -0.15) is 5.10 Å². The fourth-order valence-corrected chi connectivity index (χ4v) is 3.06. The molecular weight excluding hydrogens is 288 g/mol. The second-order valence-electron chi connectivity index (χ2n) is 7.31. The number of hydrogen-bond donors (Lipinski definition) is 2. The summed E-state index contributed by atoms with van der Waals surface area (Å²) in [6.07, 6.45) is 9.07. The highest BCUT2D eigenvalue weighted by Crippen LogP contribution is 2.44. The van der Waals surface area contributed by atoms with Gasteiger partial charge in [-0.15, -0.1) is 0 Å². The minimum Gasteiger partial charge on any atom is -0.367 e. The maximum Gasteiger partial charge on any atom is 0.191 e. The van der Waals surface area contributed by atoms with Crippen LogP contribution in [0.3, 0.4) is 0 Å². The van der Waals surface area contributed by atoms with Crippen LogP contribution in [0.25, 0.3) is 0 Å². The lowest BCUT2D eigenvalue weighted by atomic mass is 10.1. The van der Waals surface area contributed by atoms with Crippen molar-refractivity contribution in [2.45, 2.75) is 45.6 Å². The summed E-state index contributed by atoms with van der Waals surface area (Å²) in [6, 6.07) is 0.439. The molecule has 0 bridgehead atoms. The lowest BCUT2D eigenvalue weighted by molar-refractivity contribution is 0.466. The molecule has 6 nitrogen and oxygen atoms in total. The summed E-state index contributed by atoms with van der Waals surface area (Å²) >= 11 is 0. The van der Waals surface area contributed by atoms with E-state index in [0.29, 0.717) is 11.5 Å². The quantitative estimate of drug-likeness (QED) is 0.641. The van der Waals surface area contributed by atoms with Crippen LogP contribution in [0.15, 0.2) is 17.4 Å². The number of hydrogen-bond acceptors (Lipinski definition) is 3. The first kappa shape index (κ1) is 16.1. The zero-order valence-corrected chi connectivity index (χ0v) is 14.7. The Morgan fingerprint density at radius 3 is 2.96 bits per heavy atom. The highest BCUT2D eigenvalue weighted by atomic mass is 15.3. The Balaban J connectivity index is 1.58. The fraction of sp³-hybridized carbons (Fsp3) is 0.765. The molecule has 0 amide bonds. The van der Waals surface area contributed by atoms with Crippen molar-refractivity contribution in [3.8, 4) is 0 Å². The van der Waals surface area contributed by atoms with E-state index in [-0.39, 0.29) is 0 Å². The number of rotatable bonds is 5. The molecule has 1 saturated heterocycles. The Morgan fingerprint density at radius 2 is 2.30 bits per heavy atom. The summed E-state index contributed by atoms with van der Waals surface area (Å²) in [4.78, 5) is 7.22. The van der Waals surface area contributed by atoms with Crippen molar-refractivity contribution in [2.75, 3.05) is 31.1 Å². The van der Waals surface area contributed by atoms with Crippen molar-refractivity contribution in [2.24, 2.45) is 17.5 Å². The molecule has 1 saturated carbocycles. The number of aryl methyl sites for hydroxylation is 1. The number of anilines is 1. The maximum atomic E-state index is 4.80. The van der Waals surface area contributed by atoms with Crippen molar-refractivity contribution in [3.05, 3.63) is 12.4 Å². The first-order valence-electron chi connectivity index (χ1n) is 8.86. The second-order valence-corrected chi connectivity index (χ2v) is 7.31. The molecule has 128 valence electrons. The molecule has 2 fully saturated rings. The predicted molar refractivity (Wildman–Crippen MR) is 94.9 cm³/mol. The van der Waals surface area contributed by atoms with Crippen LogP contribution in [0.2, 0.25) is 0 Å². The highest BCUT2D eigenvalue weighted by Gasteiger charge is 2.37. The van der Waals surface area contributed by atoms with Crippen LogP contribution in [0.5, 0.6) is 0 Å². The summed E-state index contributed by atoms with van der Waals surface area (Å²) in [7, 11) is 1.97. The zero-order valence-electron chi connectivity index (χ0n) is 14.7. The fourth-order valence-electron chi connectivity index (χ4n) is 3.06. The number of nitrogens with one attached hydrogen (secondary N) is 2. The van der Waals surface area contributed by atoms with Gasteiger partial charge in [-0.25, -0.2) is 0 Å². The molecule has 2 N–H and O–H groups in total. The summed E-state index contributed by atoms with van der Waals surface area (Å²) in [5.74, 6) is 0.971. The van der Waals surface area contributed by atoms with Crippen molar-refractivity contribution in [1.29, 1.82) is 0 Å². The third-order valence-corrected chi connectivity index (χ3v) is 4.89. The normalized spacial score (nSPS) is 23.7. The number of aliphatic imine (C=N–C) groups is 1. The third-order valence-electron chi connectivity index (χ3n) is 4.89. The first-order valence-corrected chi connectivity index (χ1v) is 8.86. The van der Waals surface area contributed by atoms with Crippen molar-refractivity contribution in [1.82, 2.24) is 20.4 Å². The Bertz CT molecular complexity index is 545. The molecule has 2 heterocycles. The lowest BCUT2D eigenvalue weighted by Gasteiger charge is -2.34. The molecule has 23 heavy (non-hydrogen) atoms. The highest BCUT2D eigenvalue weighted by molar-refractivity contribution is 5.80. The van der Waals surface area contributed by atoms with Crippen molar-refractivity contribution in [3.63, 3.8) is 0 Å². The summed E-state index contributed by atoms with van der Waals surface area (Å²) < 4.78 is 1.87. The molecule has 2 aliphatic rings. The third kappa shape index (κ3) is 4.39. The molecule has 1 aromatic heterocycles. The van der Waals surface area contributed by atoms with Gasteiger partial charge < -0.3 is 15.5 Å². The zero-order chi connectivity index (χ0) is 16.3. The molecule has 1 aromatic rings. The Kier molecular flexibility index (Phi) is 4.78. The summed E-state index contributed by atoms with van der Waals surface area (Å²) in [5.41, 5.74) is 1.67. The minimum absolute atomic E-state index is 0.439. The van der Waals surface area contributed by atoms with Gasteiger partial charge in [0.2, 0.25) is 0 Å². The number of guanidine groups is 1. The Morgan fingerprint density at radius 1 is 1.48 bits per heavy atom. The molecule has 3 rings (SSSR count). The van der Waals surface area contributed by atoms with E-state index >= 15 is 0 Å². The summed E-state index contributed by atoms with van der Waals surface area (Å²) in [5, 5.41) is 11.3. The van der Waals surface area contributed by atoms with Gasteiger partial charge in [-0.05, 0) is 38.0 Å². The molecule has 1 atom stereocenters. The molecule has 0 radical (unpaired) electrons. The van der Waals surface area contributed by atoms with Gasteiger partial charge in [0.05, 0.1) is 11.9 Å². The largest absolute Gasteiger partial charge is 0.367 e. The molecule has 6 heteroatoms. The standard InChI is InChI=1S/C17H30N6/c1-4-18-16(19-13-17(2)7-8-17)21-14-6-5-9-23(11-14)15-10-20-22(3)12-15/h10,12,14H,4-9,11,13H2,1-3H3,(H2,18,19,21). The van der Waals surface area contributed by atoms with Crippen molar-refractivity contribution < 1.29 is 0 Å². The van der Waals surface area contributed by atoms with Crippen LogP contribution in [-0.4, -0.2) is 48.0 Å². The topological polar surface area (TPSA) is 57.5 Å². The molecule has 0 spiro atoms. The van der Waals surface area contributed by atoms with E-state index in [9.17, 15) is 0 Å². The number of piperidine rings is 1. The first-order chi connectivity index (χ1) is 11.1. The molecule has 1 unspecified atom stereocenters. The van der Waals surface area contributed by atoms with E-state index < -0.39 is 0 Å². The van der Waals surface area contributed by atoms with Crippen LogP contribution < -0.4 is 15.5 Å². The average Bonchev–Trinajstić information content (AvgIpc) is 3.11. The van der Waals surface area contributed by atoms with Crippen LogP contribution in [-0.2, 0) is 7.05 Å². The van der Waals surface area contributed by atoms with Crippen LogP contribution in [0, 0.1) is 5.41 Å². The smallest absolute Gasteiger partial charge is 0.191 e. The van der Waals surface area contributed by atoms with Gasteiger partial charge in [0, 0.05) is 45.5 Å². The number of nitrogens with zero attached hydrogens (tertiary/aromatic N) is 4. The average molecular weight is 318 g/mol. The summed E-state index contributed by atoms with van der Waals surface area (Å²) in [6.45, 7) is 8.40. The van der Waals surface area contributed by atoms with E-state index in [1.807, 2.05) is 17.9 Å². The predicted octanol–water partition coefficient (Wildman–Crippen LogP) is 1.74. The van der Waals surface area contributed by atoms with E-state index in [1.165, 1.54) is 31.4 Å². The Hall–Kier alpha value is -1.72. The van der Waals surface area contributed by atoms with E-state index in [1.54, 1.807) is 0 Å². The lowest BCUT2D eigenvalue weighted by Crippen LogP contribution is -2.51. The SMILES string of the molecule is CCNC(=NCC1(C)CC1)NC1CCCN(c2cnn(C)c2)C1. The maximum absolute atomic E-state index is 4.80. The molecule has 1 aliphatic carbocycles. The Labute approximate surface area is 139 Å². The second kappa shape index (κ2) is 6.81. The molecule has 0 aromatic carbocycles. The van der Waals surface area contributed by atoms with Gasteiger partial charge in [-0.1, -0.05) is 6.92 Å². The van der Waals surface area contributed by atoms with Crippen LogP contribution in [0.1, 0.15) is 39.5 Å². The van der Waals surface area contributed by atoms with E-state index in [0.717, 1.165) is 32.1 Å². The van der Waals surface area contributed by atoms with Gasteiger partial charge in [-0.3, -0.25) is 9.67 Å².